The van der Waals surface area contributed by atoms with Gasteiger partial charge in [0.2, 0.25) is 0 Å². The molecule has 1 heterocycles. The molecular formula is C20H20N4OS. The maximum Gasteiger partial charge on any atom is 0.258 e. The first kappa shape index (κ1) is 17.9. The molecule has 0 aliphatic heterocycles. The molecule has 1 atom stereocenters. The molecule has 3 aromatic rings. The molecule has 0 saturated carbocycles. The number of amides is 1. The highest BCUT2D eigenvalue weighted by atomic mass is 32.2. The highest BCUT2D eigenvalue weighted by Crippen LogP contribution is 2.35. The second-order valence-electron chi connectivity index (χ2n) is 5.80. The molecule has 0 bridgehead atoms. The number of nitrogens with one attached hydrogen (secondary N) is 1. The minimum Gasteiger partial charge on any atom is -0.275 e. The molecule has 1 amide bonds. The maximum atomic E-state index is 12.8. The summed E-state index contributed by atoms with van der Waals surface area (Å²) in [5.74, 6) is -0.164. The van der Waals surface area contributed by atoms with Gasteiger partial charge in [0.25, 0.3) is 5.91 Å². The molecule has 6 heteroatoms. The number of aromatic nitrogens is 2. The Morgan fingerprint density at radius 2 is 1.81 bits per heavy atom. The molecule has 1 aromatic heterocycles. The Kier molecular flexibility index (Phi) is 5.86. The molecule has 1 N–H and O–H groups in total. The van der Waals surface area contributed by atoms with Crippen LogP contribution in [0.15, 0.2) is 76.9 Å². The number of hydrogen-bond donors (Lipinski definition) is 1. The largest absolute Gasteiger partial charge is 0.275 e. The van der Waals surface area contributed by atoms with E-state index in [-0.39, 0.29) is 11.2 Å². The minimum absolute atomic E-state index is 0.164. The molecule has 5 nitrogen and oxygen atoms in total. The average Bonchev–Trinajstić information content (AvgIpc) is 2.98. The summed E-state index contributed by atoms with van der Waals surface area (Å²) in [7, 11) is 1.85. The van der Waals surface area contributed by atoms with Crippen molar-refractivity contribution in [3.63, 3.8) is 0 Å². The summed E-state index contributed by atoms with van der Waals surface area (Å²) in [6.07, 6.45) is 3.48. The highest BCUT2D eigenvalue weighted by Gasteiger charge is 2.21. The molecular weight excluding hydrogens is 344 g/mol. The van der Waals surface area contributed by atoms with Crippen LogP contribution in [0.3, 0.4) is 0 Å². The van der Waals surface area contributed by atoms with Gasteiger partial charge in [-0.2, -0.15) is 10.2 Å². The smallest absolute Gasteiger partial charge is 0.258 e. The first-order chi connectivity index (χ1) is 12.6. The molecule has 0 aliphatic rings. The van der Waals surface area contributed by atoms with E-state index in [1.807, 2.05) is 80.8 Å². The van der Waals surface area contributed by atoms with Crippen LogP contribution in [0.4, 0.5) is 0 Å². The Balaban J connectivity index is 1.75. The summed E-state index contributed by atoms with van der Waals surface area (Å²) in [6.45, 7) is 1.90. The standard InChI is InChI=1S/C20H20N4OS/c1-15-17(14-24(2)23-15)13-21-22-20(25)19(16-9-5-3-6-10-16)26-18-11-7-4-8-12-18/h3-14,19H,1-2H3,(H,22,25). The van der Waals surface area contributed by atoms with Gasteiger partial charge in [0.05, 0.1) is 11.9 Å². The predicted molar refractivity (Wildman–Crippen MR) is 105 cm³/mol. The van der Waals surface area contributed by atoms with Crippen LogP contribution in [0.2, 0.25) is 0 Å². The van der Waals surface area contributed by atoms with Crippen molar-refractivity contribution >= 4 is 23.9 Å². The van der Waals surface area contributed by atoms with Gasteiger partial charge in [0, 0.05) is 23.7 Å². The number of hydrogen-bond acceptors (Lipinski definition) is 4. The first-order valence-electron chi connectivity index (χ1n) is 8.23. The zero-order valence-electron chi connectivity index (χ0n) is 14.7. The monoisotopic (exact) mass is 364 g/mol. The van der Waals surface area contributed by atoms with Gasteiger partial charge in [-0.15, -0.1) is 11.8 Å². The first-order valence-corrected chi connectivity index (χ1v) is 9.11. The van der Waals surface area contributed by atoms with Gasteiger partial charge >= 0.3 is 0 Å². The van der Waals surface area contributed by atoms with Gasteiger partial charge in [-0.1, -0.05) is 48.5 Å². The van der Waals surface area contributed by atoms with Crippen LogP contribution < -0.4 is 5.43 Å². The van der Waals surface area contributed by atoms with Crippen molar-refractivity contribution in [1.29, 1.82) is 0 Å². The number of thioether (sulfide) groups is 1. The number of benzene rings is 2. The Morgan fingerprint density at radius 1 is 1.15 bits per heavy atom. The summed E-state index contributed by atoms with van der Waals surface area (Å²) >= 11 is 1.50. The van der Waals surface area contributed by atoms with E-state index in [0.29, 0.717) is 0 Å². The molecule has 26 heavy (non-hydrogen) atoms. The normalized spacial score (nSPS) is 12.2. The number of hydrazone groups is 1. The van der Waals surface area contributed by atoms with E-state index in [2.05, 4.69) is 15.6 Å². The fourth-order valence-corrected chi connectivity index (χ4v) is 3.54. The molecule has 3 rings (SSSR count). The Labute approximate surface area is 157 Å². The quantitative estimate of drug-likeness (QED) is 0.412. The average molecular weight is 364 g/mol. The van der Waals surface area contributed by atoms with Crippen LogP contribution in [0.25, 0.3) is 0 Å². The van der Waals surface area contributed by atoms with E-state index < -0.39 is 0 Å². The van der Waals surface area contributed by atoms with Gasteiger partial charge in [0.15, 0.2) is 0 Å². The lowest BCUT2D eigenvalue weighted by molar-refractivity contribution is -0.120. The van der Waals surface area contributed by atoms with Crippen molar-refractivity contribution in [2.75, 3.05) is 0 Å². The second-order valence-corrected chi connectivity index (χ2v) is 6.98. The summed E-state index contributed by atoms with van der Waals surface area (Å²) in [4.78, 5) is 13.8. The van der Waals surface area contributed by atoms with E-state index in [4.69, 9.17) is 0 Å². The Hall–Kier alpha value is -2.86. The summed E-state index contributed by atoms with van der Waals surface area (Å²) in [6, 6.07) is 19.6. The lowest BCUT2D eigenvalue weighted by Gasteiger charge is -2.15. The number of rotatable bonds is 6. The van der Waals surface area contributed by atoms with Gasteiger partial charge in [-0.3, -0.25) is 9.48 Å². The van der Waals surface area contributed by atoms with Crippen LogP contribution in [0.1, 0.15) is 22.1 Å². The summed E-state index contributed by atoms with van der Waals surface area (Å²) < 4.78 is 1.72. The van der Waals surface area contributed by atoms with Gasteiger partial charge in [-0.25, -0.2) is 5.43 Å². The minimum atomic E-state index is -0.384. The molecule has 0 saturated heterocycles. The molecule has 0 fully saturated rings. The highest BCUT2D eigenvalue weighted by molar-refractivity contribution is 8.00. The predicted octanol–water partition coefficient (Wildman–Crippen LogP) is 3.71. The van der Waals surface area contributed by atoms with E-state index in [0.717, 1.165) is 21.7 Å². The van der Waals surface area contributed by atoms with Crippen LogP contribution in [-0.4, -0.2) is 21.9 Å². The summed E-state index contributed by atoms with van der Waals surface area (Å²) in [5, 5.41) is 7.98. The van der Waals surface area contributed by atoms with Gasteiger partial charge < -0.3 is 0 Å². The van der Waals surface area contributed by atoms with E-state index >= 15 is 0 Å². The second kappa shape index (κ2) is 8.49. The van der Waals surface area contributed by atoms with Crippen LogP contribution in [-0.2, 0) is 11.8 Å². The fraction of sp³-hybridized carbons (Fsp3) is 0.150. The van der Waals surface area contributed by atoms with Crippen molar-refractivity contribution in [1.82, 2.24) is 15.2 Å². The van der Waals surface area contributed by atoms with Gasteiger partial charge in [-0.05, 0) is 24.6 Å². The fourth-order valence-electron chi connectivity index (χ4n) is 2.50. The zero-order chi connectivity index (χ0) is 18.4. The summed E-state index contributed by atoms with van der Waals surface area (Å²) in [5.41, 5.74) is 5.34. The lowest BCUT2D eigenvalue weighted by Crippen LogP contribution is -2.23. The van der Waals surface area contributed by atoms with Crippen LogP contribution >= 0.6 is 11.8 Å². The third kappa shape index (κ3) is 4.61. The van der Waals surface area contributed by atoms with Crippen molar-refractivity contribution < 1.29 is 4.79 Å². The van der Waals surface area contributed by atoms with E-state index in [1.54, 1.807) is 10.9 Å². The molecule has 132 valence electrons. The van der Waals surface area contributed by atoms with E-state index in [1.165, 1.54) is 11.8 Å². The zero-order valence-corrected chi connectivity index (χ0v) is 15.5. The molecule has 0 aliphatic carbocycles. The number of carbonyl (C=O) groups is 1. The maximum absolute atomic E-state index is 12.8. The van der Waals surface area contributed by atoms with Crippen molar-refractivity contribution in [2.24, 2.45) is 12.1 Å². The SMILES string of the molecule is Cc1nn(C)cc1C=NNC(=O)C(Sc1ccccc1)c1ccccc1. The van der Waals surface area contributed by atoms with E-state index in [9.17, 15) is 4.79 Å². The van der Waals surface area contributed by atoms with Crippen LogP contribution in [0.5, 0.6) is 0 Å². The molecule has 0 radical (unpaired) electrons. The molecule has 1 unspecified atom stereocenters. The molecule has 0 spiro atoms. The van der Waals surface area contributed by atoms with Crippen molar-refractivity contribution in [3.05, 3.63) is 83.7 Å². The van der Waals surface area contributed by atoms with Gasteiger partial charge in [0.1, 0.15) is 5.25 Å². The third-order valence-corrected chi connectivity index (χ3v) is 5.03. The topological polar surface area (TPSA) is 59.3 Å². The lowest BCUT2D eigenvalue weighted by atomic mass is 10.1. The number of carbonyl (C=O) groups excluding carboxylic acids is 1. The molecule has 2 aromatic carbocycles. The Bertz CT molecular complexity index is 891. The third-order valence-electron chi connectivity index (χ3n) is 3.77. The number of nitrogens with zero attached hydrogens (tertiary/aromatic N) is 3. The van der Waals surface area contributed by atoms with Crippen LogP contribution in [0, 0.1) is 6.92 Å². The van der Waals surface area contributed by atoms with Crippen molar-refractivity contribution in [3.8, 4) is 0 Å². The van der Waals surface area contributed by atoms with Crippen molar-refractivity contribution in [2.45, 2.75) is 17.1 Å². The number of aryl methyl sites for hydroxylation is 2. The Morgan fingerprint density at radius 3 is 2.42 bits per heavy atom.